The number of hydrogen-bond donors (Lipinski definition) is 2. The van der Waals surface area contributed by atoms with Crippen LogP contribution in [0.3, 0.4) is 0 Å². The predicted octanol–water partition coefficient (Wildman–Crippen LogP) is 3.54. The molecule has 0 saturated heterocycles. The fraction of sp³-hybridized carbons (Fsp3) is 0.190. The minimum Gasteiger partial charge on any atom is -0.361 e. The summed E-state index contributed by atoms with van der Waals surface area (Å²) in [4.78, 5) is 32.6. The molecule has 0 unspecified atom stereocenters. The van der Waals surface area contributed by atoms with Crippen molar-refractivity contribution < 1.29 is 4.79 Å². The zero-order valence-corrected chi connectivity index (χ0v) is 15.1. The number of carbonyl (C=O) groups excluding carboxylic acids is 1. The molecular weight excluding hydrogens is 326 g/mol. The zero-order valence-electron chi connectivity index (χ0n) is 15.1. The van der Waals surface area contributed by atoms with Gasteiger partial charge in [0.2, 0.25) is 0 Å². The van der Waals surface area contributed by atoms with Crippen molar-refractivity contribution in [2.24, 2.45) is 0 Å². The summed E-state index contributed by atoms with van der Waals surface area (Å²) < 4.78 is 0. The van der Waals surface area contributed by atoms with Gasteiger partial charge >= 0.3 is 0 Å². The van der Waals surface area contributed by atoms with Gasteiger partial charge in [-0.3, -0.25) is 14.6 Å². The average molecular weight is 347 g/mol. The van der Waals surface area contributed by atoms with Crippen molar-refractivity contribution >= 4 is 11.6 Å². The van der Waals surface area contributed by atoms with Crippen LogP contribution in [0, 0.1) is 20.8 Å². The highest BCUT2D eigenvalue weighted by Crippen LogP contribution is 2.19. The molecule has 0 aliphatic carbocycles. The van der Waals surface area contributed by atoms with Gasteiger partial charge in [-0.1, -0.05) is 12.1 Å². The first-order valence-corrected chi connectivity index (χ1v) is 8.45. The predicted molar refractivity (Wildman–Crippen MR) is 103 cm³/mol. The summed E-state index contributed by atoms with van der Waals surface area (Å²) in [7, 11) is 0. The Hall–Kier alpha value is -3.21. The van der Waals surface area contributed by atoms with Gasteiger partial charge in [-0.05, 0) is 55.7 Å². The van der Waals surface area contributed by atoms with E-state index in [4.69, 9.17) is 0 Å². The Kier molecular flexibility index (Phi) is 4.98. The van der Waals surface area contributed by atoms with Crippen molar-refractivity contribution in [3.63, 3.8) is 0 Å². The van der Waals surface area contributed by atoms with E-state index in [9.17, 15) is 9.59 Å². The number of aromatic nitrogens is 2. The molecule has 132 valence electrons. The Morgan fingerprint density at radius 1 is 1.12 bits per heavy atom. The quantitative estimate of drug-likeness (QED) is 0.758. The van der Waals surface area contributed by atoms with E-state index < -0.39 is 5.91 Å². The molecular formula is C21H21N3O2. The molecule has 2 aromatic heterocycles. The lowest BCUT2D eigenvalue weighted by atomic mass is 10.0. The summed E-state index contributed by atoms with van der Waals surface area (Å²) in [6.07, 6.45) is 3.84. The van der Waals surface area contributed by atoms with Gasteiger partial charge in [-0.25, -0.2) is 0 Å². The van der Waals surface area contributed by atoms with Crippen LogP contribution in [0.4, 0.5) is 5.69 Å². The number of amides is 1. The number of hydrogen-bond acceptors (Lipinski definition) is 3. The molecule has 0 atom stereocenters. The van der Waals surface area contributed by atoms with Crippen LogP contribution in [0.15, 0.2) is 53.6 Å². The smallest absolute Gasteiger partial charge is 0.261 e. The van der Waals surface area contributed by atoms with Crippen LogP contribution in [0.25, 0.3) is 0 Å². The van der Waals surface area contributed by atoms with Crippen LogP contribution < -0.4 is 10.7 Å². The highest BCUT2D eigenvalue weighted by atomic mass is 16.2. The second kappa shape index (κ2) is 7.35. The van der Waals surface area contributed by atoms with Crippen molar-refractivity contribution in [1.82, 2.24) is 9.97 Å². The molecule has 0 aliphatic heterocycles. The van der Waals surface area contributed by atoms with Crippen molar-refractivity contribution in [2.75, 3.05) is 5.32 Å². The standard InChI is InChI=1S/C21H21N3O2/c1-13-5-4-6-17(15(13)3)24-21(26)20-18(23-14(2)11-19(20)25)12-16-7-9-22-10-8-16/h4-11H,12H2,1-3H3,(H,23,25)(H,24,26). The van der Waals surface area contributed by atoms with Crippen LogP contribution >= 0.6 is 0 Å². The molecule has 0 saturated carbocycles. The first-order chi connectivity index (χ1) is 12.5. The van der Waals surface area contributed by atoms with Crippen molar-refractivity contribution in [2.45, 2.75) is 27.2 Å². The molecule has 5 nitrogen and oxygen atoms in total. The summed E-state index contributed by atoms with van der Waals surface area (Å²) in [6.45, 7) is 5.74. The number of benzene rings is 1. The van der Waals surface area contributed by atoms with Gasteiger partial charge in [0.05, 0.1) is 0 Å². The molecule has 2 heterocycles. The van der Waals surface area contributed by atoms with Crippen LogP contribution in [0.1, 0.15) is 38.4 Å². The molecule has 1 amide bonds. The van der Waals surface area contributed by atoms with E-state index in [1.807, 2.05) is 51.1 Å². The minimum absolute atomic E-state index is 0.147. The molecule has 26 heavy (non-hydrogen) atoms. The maximum Gasteiger partial charge on any atom is 0.261 e. The fourth-order valence-corrected chi connectivity index (χ4v) is 2.91. The lowest BCUT2D eigenvalue weighted by Gasteiger charge is -2.13. The molecule has 3 rings (SSSR count). The molecule has 3 aromatic rings. The SMILES string of the molecule is Cc1cc(=O)c(C(=O)Nc2cccc(C)c2C)c(Cc2ccncc2)[nH]1. The van der Waals surface area contributed by atoms with Crippen LogP contribution in [0.5, 0.6) is 0 Å². The molecule has 2 N–H and O–H groups in total. The molecule has 1 aromatic carbocycles. The number of nitrogens with one attached hydrogen (secondary N) is 2. The molecule has 5 heteroatoms. The summed E-state index contributed by atoms with van der Waals surface area (Å²) in [5, 5.41) is 2.88. The van der Waals surface area contributed by atoms with Crippen molar-refractivity contribution in [3.05, 3.63) is 92.7 Å². The van der Waals surface area contributed by atoms with Crippen LogP contribution in [-0.4, -0.2) is 15.9 Å². The van der Waals surface area contributed by atoms with Crippen LogP contribution in [0.2, 0.25) is 0 Å². The van der Waals surface area contributed by atoms with E-state index >= 15 is 0 Å². The number of rotatable bonds is 4. The third kappa shape index (κ3) is 3.72. The first-order valence-electron chi connectivity index (χ1n) is 8.45. The molecule has 0 spiro atoms. The van der Waals surface area contributed by atoms with Gasteiger partial charge in [0, 0.05) is 42.0 Å². The number of H-pyrrole nitrogens is 1. The molecule has 0 fully saturated rings. The molecule has 0 bridgehead atoms. The number of carbonyl (C=O) groups is 1. The third-order valence-corrected chi connectivity index (χ3v) is 4.45. The Morgan fingerprint density at radius 2 is 1.85 bits per heavy atom. The Balaban J connectivity index is 1.99. The van der Waals surface area contributed by atoms with Crippen LogP contribution in [-0.2, 0) is 6.42 Å². The second-order valence-electron chi connectivity index (χ2n) is 6.40. The fourth-order valence-electron chi connectivity index (χ4n) is 2.91. The topological polar surface area (TPSA) is 74.8 Å². The summed E-state index contributed by atoms with van der Waals surface area (Å²) >= 11 is 0. The Morgan fingerprint density at radius 3 is 2.58 bits per heavy atom. The summed E-state index contributed by atoms with van der Waals surface area (Å²) in [5.41, 5.74) is 4.94. The molecule has 0 radical (unpaired) electrons. The summed E-state index contributed by atoms with van der Waals surface area (Å²) in [5.74, 6) is -0.399. The number of nitrogens with zero attached hydrogens (tertiary/aromatic N) is 1. The first kappa shape index (κ1) is 17.6. The van der Waals surface area contributed by atoms with Gasteiger partial charge in [0.1, 0.15) is 5.56 Å². The highest BCUT2D eigenvalue weighted by molar-refractivity contribution is 6.05. The highest BCUT2D eigenvalue weighted by Gasteiger charge is 2.18. The maximum atomic E-state index is 12.9. The van der Waals surface area contributed by atoms with E-state index in [0.29, 0.717) is 17.8 Å². The largest absolute Gasteiger partial charge is 0.361 e. The van der Waals surface area contributed by atoms with Crippen molar-refractivity contribution in [1.29, 1.82) is 0 Å². The van der Waals surface area contributed by atoms with E-state index in [1.54, 1.807) is 12.4 Å². The Labute approximate surface area is 152 Å². The number of aryl methyl sites for hydroxylation is 2. The van der Waals surface area contributed by atoms with Gasteiger partial charge in [-0.15, -0.1) is 0 Å². The van der Waals surface area contributed by atoms with E-state index in [-0.39, 0.29) is 11.0 Å². The minimum atomic E-state index is -0.399. The third-order valence-electron chi connectivity index (χ3n) is 4.45. The van der Waals surface area contributed by atoms with Gasteiger partial charge < -0.3 is 10.3 Å². The normalized spacial score (nSPS) is 10.6. The molecule has 0 aliphatic rings. The zero-order chi connectivity index (χ0) is 18.7. The number of anilines is 1. The van der Waals surface area contributed by atoms with Crippen molar-refractivity contribution in [3.8, 4) is 0 Å². The van der Waals surface area contributed by atoms with Gasteiger partial charge in [-0.2, -0.15) is 0 Å². The number of pyridine rings is 2. The average Bonchev–Trinajstić information content (AvgIpc) is 2.59. The van der Waals surface area contributed by atoms with E-state index in [2.05, 4.69) is 15.3 Å². The monoisotopic (exact) mass is 347 g/mol. The lowest BCUT2D eigenvalue weighted by molar-refractivity contribution is 0.102. The van der Waals surface area contributed by atoms with Gasteiger partial charge in [0.15, 0.2) is 5.43 Å². The number of aromatic amines is 1. The lowest BCUT2D eigenvalue weighted by Crippen LogP contribution is -2.25. The maximum absolute atomic E-state index is 12.9. The van der Waals surface area contributed by atoms with Gasteiger partial charge in [0.25, 0.3) is 5.91 Å². The Bertz CT molecular complexity index is 1010. The summed E-state index contributed by atoms with van der Waals surface area (Å²) in [6, 6.07) is 10.9. The van der Waals surface area contributed by atoms with E-state index in [1.165, 1.54) is 6.07 Å². The second-order valence-corrected chi connectivity index (χ2v) is 6.40. The van der Waals surface area contributed by atoms with E-state index in [0.717, 1.165) is 22.4 Å².